The van der Waals surface area contributed by atoms with Gasteiger partial charge in [-0.25, -0.2) is 9.52 Å². The first-order chi connectivity index (χ1) is 14.6. The second-order valence-corrected chi connectivity index (χ2v) is 11.9. The van der Waals surface area contributed by atoms with Gasteiger partial charge in [0.15, 0.2) is 0 Å². The van der Waals surface area contributed by atoms with Gasteiger partial charge in [-0.15, -0.1) is 12.4 Å². The molecule has 184 valence electrons. The van der Waals surface area contributed by atoms with Crippen LogP contribution in [0.1, 0.15) is 63.9 Å². The third-order valence-corrected chi connectivity index (χ3v) is 6.50. The normalized spacial score (nSPS) is 12.3. The van der Waals surface area contributed by atoms with Crippen LogP contribution in [-0.2, 0) is 27.5 Å². The highest BCUT2D eigenvalue weighted by Crippen LogP contribution is 2.40. The van der Waals surface area contributed by atoms with Crippen molar-refractivity contribution in [2.24, 2.45) is 0 Å². The van der Waals surface area contributed by atoms with Crippen LogP contribution in [0.4, 0.5) is 4.79 Å². The number of rotatable bonds is 6. The summed E-state index contributed by atoms with van der Waals surface area (Å²) >= 11 is 0. The lowest BCUT2D eigenvalue weighted by atomic mass is 9.78. The fourth-order valence-corrected chi connectivity index (χ4v) is 3.97. The van der Waals surface area contributed by atoms with E-state index in [1.807, 2.05) is 77.5 Å². The molecule has 0 saturated heterocycles. The van der Waals surface area contributed by atoms with Crippen molar-refractivity contribution < 1.29 is 17.9 Å². The summed E-state index contributed by atoms with van der Waals surface area (Å²) < 4.78 is 34.1. The zero-order valence-corrected chi connectivity index (χ0v) is 22.4. The molecular formula is C24H36ClN3O4S. The number of aryl methyl sites for hydroxylation is 1. The highest BCUT2D eigenvalue weighted by molar-refractivity contribution is 7.87. The van der Waals surface area contributed by atoms with E-state index >= 15 is 0 Å². The predicted molar refractivity (Wildman–Crippen MR) is 134 cm³/mol. The highest BCUT2D eigenvalue weighted by atomic mass is 35.5. The Labute approximate surface area is 204 Å². The molecule has 1 aromatic carbocycles. The molecule has 0 aliphatic rings. The van der Waals surface area contributed by atoms with Gasteiger partial charge in [0.05, 0.1) is 0 Å². The molecule has 0 fully saturated rings. The van der Waals surface area contributed by atoms with Gasteiger partial charge < -0.3 is 4.74 Å². The monoisotopic (exact) mass is 497 g/mol. The molecule has 0 saturated carbocycles. The smallest absolute Gasteiger partial charge is 0.409 e. The summed E-state index contributed by atoms with van der Waals surface area (Å²) in [6.07, 6.45) is 1.04. The van der Waals surface area contributed by atoms with Gasteiger partial charge in [0.2, 0.25) is 0 Å². The van der Waals surface area contributed by atoms with E-state index in [2.05, 4.69) is 4.98 Å². The molecule has 0 unspecified atom stereocenters. The van der Waals surface area contributed by atoms with E-state index in [1.54, 1.807) is 12.3 Å². The Morgan fingerprint density at radius 2 is 1.61 bits per heavy atom. The summed E-state index contributed by atoms with van der Waals surface area (Å²) in [6.45, 7) is 14.3. The Bertz CT molecular complexity index is 1020. The number of hydrogen-bond acceptors (Lipinski definition) is 5. The number of amides is 1. The van der Waals surface area contributed by atoms with Crippen molar-refractivity contribution in [2.75, 3.05) is 13.6 Å². The van der Waals surface area contributed by atoms with E-state index in [-0.39, 0.29) is 29.8 Å². The zero-order valence-electron chi connectivity index (χ0n) is 20.7. The molecule has 1 amide bonds. The van der Waals surface area contributed by atoms with Crippen molar-refractivity contribution >= 4 is 28.7 Å². The van der Waals surface area contributed by atoms with E-state index in [0.717, 1.165) is 26.7 Å². The molecule has 0 radical (unpaired) electrons. The van der Waals surface area contributed by atoms with Crippen LogP contribution in [0.25, 0.3) is 0 Å². The second kappa shape index (κ2) is 10.8. The molecule has 2 aromatic rings. The van der Waals surface area contributed by atoms with Crippen molar-refractivity contribution in [1.82, 2.24) is 14.0 Å². The Hall–Kier alpha value is -2.16. The minimum atomic E-state index is -4.07. The van der Waals surface area contributed by atoms with Crippen molar-refractivity contribution in [3.05, 3.63) is 58.9 Å². The maximum atomic E-state index is 12.7. The average molecular weight is 498 g/mol. The number of benzene rings is 1. The van der Waals surface area contributed by atoms with Gasteiger partial charge in [-0.05, 0) is 29.9 Å². The third-order valence-electron chi connectivity index (χ3n) is 5.08. The SMILES string of the molecule is Cc1cc(C(C)(C)C)c(OC(=O)NS(=O)(=O)N(C)CCc2ccccn2)c(C(C)(C)C)c1.Cl. The molecular weight excluding hydrogens is 462 g/mol. The number of hydrogen-bond donors (Lipinski definition) is 1. The van der Waals surface area contributed by atoms with E-state index in [0.29, 0.717) is 12.2 Å². The maximum Gasteiger partial charge on any atom is 0.427 e. The standard InChI is InChI=1S/C24H35N3O4S.ClH/c1-17-15-19(23(2,3)4)21(20(16-17)24(5,6)7)31-22(28)26-32(29,30)27(8)14-12-18-11-9-10-13-25-18;/h9-11,13,15-16H,12,14H2,1-8H3,(H,26,28);1H. The number of carbonyl (C=O) groups excluding carboxylic acids is 1. The van der Waals surface area contributed by atoms with E-state index in [4.69, 9.17) is 4.74 Å². The Balaban J connectivity index is 0.00000544. The first-order valence-corrected chi connectivity index (χ1v) is 12.1. The Morgan fingerprint density at radius 1 is 1.06 bits per heavy atom. The van der Waals surface area contributed by atoms with Gasteiger partial charge in [0, 0.05) is 43.0 Å². The van der Waals surface area contributed by atoms with Crippen LogP contribution in [-0.4, -0.2) is 37.4 Å². The molecule has 1 aromatic heterocycles. The molecule has 0 aliphatic heterocycles. The summed E-state index contributed by atoms with van der Waals surface area (Å²) in [5, 5.41) is 0. The van der Waals surface area contributed by atoms with Crippen molar-refractivity contribution in [2.45, 2.75) is 65.7 Å². The lowest BCUT2D eigenvalue weighted by Gasteiger charge is -2.29. The van der Waals surface area contributed by atoms with Crippen LogP contribution in [0, 0.1) is 6.92 Å². The lowest BCUT2D eigenvalue weighted by Crippen LogP contribution is -2.43. The number of aromatic nitrogens is 1. The summed E-state index contributed by atoms with van der Waals surface area (Å²) in [5.41, 5.74) is 2.90. The molecule has 1 N–H and O–H groups in total. The number of pyridine rings is 1. The minimum absolute atomic E-state index is 0. The minimum Gasteiger partial charge on any atom is -0.409 e. The summed E-state index contributed by atoms with van der Waals surface area (Å²) in [6, 6.07) is 9.41. The van der Waals surface area contributed by atoms with Gasteiger partial charge in [-0.1, -0.05) is 65.3 Å². The number of nitrogens with zero attached hydrogens (tertiary/aromatic N) is 2. The quantitative estimate of drug-likeness (QED) is 0.612. The Kier molecular flexibility index (Phi) is 9.49. The van der Waals surface area contributed by atoms with Gasteiger partial charge in [-0.3, -0.25) is 4.98 Å². The number of nitrogens with one attached hydrogen (secondary N) is 1. The van der Waals surface area contributed by atoms with Crippen LogP contribution < -0.4 is 9.46 Å². The molecule has 0 spiro atoms. The van der Waals surface area contributed by atoms with E-state index in [1.165, 1.54) is 7.05 Å². The van der Waals surface area contributed by atoms with Crippen LogP contribution >= 0.6 is 12.4 Å². The summed E-state index contributed by atoms with van der Waals surface area (Å²) in [5.74, 6) is 0.402. The van der Waals surface area contributed by atoms with Crippen LogP contribution in [0.15, 0.2) is 36.5 Å². The van der Waals surface area contributed by atoms with Crippen molar-refractivity contribution in [3.8, 4) is 5.75 Å². The predicted octanol–water partition coefficient (Wildman–Crippen LogP) is 4.91. The first kappa shape index (κ1) is 28.9. The number of carbonyl (C=O) groups is 1. The second-order valence-electron chi connectivity index (χ2n) is 10.1. The molecule has 1 heterocycles. The molecule has 9 heteroatoms. The number of halogens is 1. The van der Waals surface area contributed by atoms with Gasteiger partial charge >= 0.3 is 16.3 Å². The lowest BCUT2D eigenvalue weighted by molar-refractivity contribution is 0.204. The fraction of sp³-hybridized carbons (Fsp3) is 0.500. The molecule has 33 heavy (non-hydrogen) atoms. The molecule has 7 nitrogen and oxygen atoms in total. The van der Waals surface area contributed by atoms with Crippen molar-refractivity contribution in [3.63, 3.8) is 0 Å². The van der Waals surface area contributed by atoms with Crippen LogP contribution in [0.3, 0.4) is 0 Å². The summed E-state index contributed by atoms with van der Waals surface area (Å²) in [7, 11) is -2.67. The number of likely N-dealkylation sites (N-methyl/N-ethyl adjacent to an activating group) is 1. The summed E-state index contributed by atoms with van der Waals surface area (Å²) in [4.78, 5) is 16.9. The van der Waals surface area contributed by atoms with E-state index in [9.17, 15) is 13.2 Å². The third kappa shape index (κ3) is 7.98. The highest BCUT2D eigenvalue weighted by Gasteiger charge is 2.30. The average Bonchev–Trinajstić information content (AvgIpc) is 2.65. The first-order valence-electron chi connectivity index (χ1n) is 10.6. The zero-order chi connectivity index (χ0) is 24.3. The van der Waals surface area contributed by atoms with Gasteiger partial charge in [0.25, 0.3) is 0 Å². The molecule has 0 atom stereocenters. The maximum absolute atomic E-state index is 12.7. The molecule has 0 bridgehead atoms. The van der Waals surface area contributed by atoms with Gasteiger partial charge in [0.1, 0.15) is 5.75 Å². The number of ether oxygens (including phenoxy) is 1. The Morgan fingerprint density at radius 3 is 2.06 bits per heavy atom. The fourth-order valence-electron chi connectivity index (χ4n) is 3.23. The van der Waals surface area contributed by atoms with Crippen molar-refractivity contribution in [1.29, 1.82) is 0 Å². The van der Waals surface area contributed by atoms with Crippen LogP contribution in [0.5, 0.6) is 5.75 Å². The van der Waals surface area contributed by atoms with E-state index < -0.39 is 16.3 Å². The van der Waals surface area contributed by atoms with Gasteiger partial charge in [-0.2, -0.15) is 12.7 Å². The molecule has 2 rings (SSSR count). The topological polar surface area (TPSA) is 88.6 Å². The molecule has 0 aliphatic carbocycles. The van der Waals surface area contributed by atoms with Crippen LogP contribution in [0.2, 0.25) is 0 Å². The largest absolute Gasteiger partial charge is 0.427 e.